The van der Waals surface area contributed by atoms with Crippen LogP contribution in [-0.4, -0.2) is 126 Å². The maximum absolute atomic E-state index is 12.9. The van der Waals surface area contributed by atoms with Crippen LogP contribution in [0.25, 0.3) is 0 Å². The van der Waals surface area contributed by atoms with Gasteiger partial charge in [-0.1, -0.05) is 293 Å². The van der Waals surface area contributed by atoms with Crippen molar-refractivity contribution in [3.8, 4) is 0 Å². The Kier molecular flexibility index (Phi) is 89.9. The molecule has 0 fully saturated rings. The summed E-state index contributed by atoms with van der Waals surface area (Å²) in [5.41, 5.74) is 0. The van der Waals surface area contributed by atoms with Gasteiger partial charge in [0.1, 0.15) is 0 Å². The van der Waals surface area contributed by atoms with Crippen LogP contribution in [0.2, 0.25) is 0 Å². The van der Waals surface area contributed by atoms with Gasteiger partial charge in [0.05, 0.1) is 19.8 Å². The van der Waals surface area contributed by atoms with Crippen molar-refractivity contribution in [2.45, 2.75) is 369 Å². The Hall–Kier alpha value is -3.66. The molecule has 0 aliphatic heterocycles. The first-order valence-corrected chi connectivity index (χ1v) is 42.1. The van der Waals surface area contributed by atoms with Crippen LogP contribution < -0.4 is 0 Å². The van der Waals surface area contributed by atoms with Crippen LogP contribution in [-0.2, 0) is 14.2 Å². The van der Waals surface area contributed by atoms with Crippen molar-refractivity contribution in [3.05, 3.63) is 97.2 Å². The molecule has 9 heteroatoms. The molecule has 0 radical (unpaired) electrons. The van der Waals surface area contributed by atoms with Crippen LogP contribution in [0.5, 0.6) is 0 Å². The third-order valence-corrected chi connectivity index (χ3v) is 17.6. The summed E-state index contributed by atoms with van der Waals surface area (Å²) in [6.07, 6.45) is 99.5. The molecular formula is C89H168N4O5. The highest BCUT2D eigenvalue weighted by Crippen LogP contribution is 2.15. The molecule has 0 N–H and O–H groups in total. The normalized spacial score (nSPS) is 12.0. The predicted octanol–water partition coefficient (Wildman–Crippen LogP) is 27.4. The van der Waals surface area contributed by atoms with E-state index in [2.05, 4.69) is 149 Å². The Balaban J connectivity index is -0.00000180. The van der Waals surface area contributed by atoms with Crippen LogP contribution in [0.4, 0.5) is 9.59 Å². The van der Waals surface area contributed by atoms with Gasteiger partial charge in [0.2, 0.25) is 0 Å². The Bertz CT molecular complexity index is 1750. The second-order valence-electron chi connectivity index (χ2n) is 27.8. The SMILES string of the molecule is CC.CCCCC/C=C\C/C=C\CCCCCCCCN(CCCCCCCC/C=C\C/C=C\CCCCC)C(=O)OCCCCN(C)C.CCCCC/C=C\C/C=C\CCCCCCCCOCCN(CCCCCCCC/C=C\C/C=C\CCCCC)C(=O)OCCCN(C)C. The minimum absolute atomic E-state index is 0.0972. The smallest absolute Gasteiger partial charge is 0.409 e. The topological polar surface area (TPSA) is 74.8 Å². The minimum Gasteiger partial charge on any atom is -0.449 e. The Morgan fingerprint density at radius 1 is 0.235 bits per heavy atom. The van der Waals surface area contributed by atoms with E-state index in [1.54, 1.807) is 0 Å². The van der Waals surface area contributed by atoms with E-state index in [1.165, 1.54) is 250 Å². The number of nitrogens with zero attached hydrogens (tertiary/aromatic N) is 4. The first-order chi connectivity index (χ1) is 48.2. The predicted molar refractivity (Wildman–Crippen MR) is 436 cm³/mol. The highest BCUT2D eigenvalue weighted by atomic mass is 16.6. The molecule has 0 unspecified atom stereocenters. The molecule has 0 atom stereocenters. The second kappa shape index (κ2) is 89.4. The summed E-state index contributed by atoms with van der Waals surface area (Å²) < 4.78 is 17.2. The molecule has 0 saturated heterocycles. The number of ether oxygens (including phenoxy) is 3. The van der Waals surface area contributed by atoms with Crippen molar-refractivity contribution in [1.82, 2.24) is 19.6 Å². The van der Waals surface area contributed by atoms with Crippen LogP contribution in [0.3, 0.4) is 0 Å². The van der Waals surface area contributed by atoms with E-state index in [0.29, 0.717) is 26.4 Å². The maximum atomic E-state index is 12.9. The highest BCUT2D eigenvalue weighted by Gasteiger charge is 2.16. The van der Waals surface area contributed by atoms with Gasteiger partial charge in [0.15, 0.2) is 0 Å². The van der Waals surface area contributed by atoms with E-state index in [4.69, 9.17) is 14.2 Å². The molecule has 0 aliphatic carbocycles. The fourth-order valence-corrected chi connectivity index (χ4v) is 11.3. The molecule has 0 spiro atoms. The summed E-state index contributed by atoms with van der Waals surface area (Å²) in [5, 5.41) is 0. The number of amides is 2. The van der Waals surface area contributed by atoms with Crippen molar-refractivity contribution >= 4 is 12.2 Å². The zero-order chi connectivity index (χ0) is 72.0. The minimum atomic E-state index is -0.182. The highest BCUT2D eigenvalue weighted by molar-refractivity contribution is 5.68. The molecule has 98 heavy (non-hydrogen) atoms. The molecule has 0 aromatic carbocycles. The lowest BCUT2D eigenvalue weighted by Gasteiger charge is -2.22. The number of hydrogen-bond donors (Lipinski definition) is 0. The molecule has 0 bridgehead atoms. The first-order valence-electron chi connectivity index (χ1n) is 42.1. The molecular weight excluding hydrogens is 1210 g/mol. The third-order valence-electron chi connectivity index (χ3n) is 17.6. The van der Waals surface area contributed by atoms with Gasteiger partial charge in [-0.3, -0.25) is 0 Å². The van der Waals surface area contributed by atoms with Crippen molar-refractivity contribution < 1.29 is 23.8 Å². The van der Waals surface area contributed by atoms with Gasteiger partial charge in [-0.2, -0.15) is 0 Å². The summed E-state index contributed by atoms with van der Waals surface area (Å²) in [7, 11) is 8.28. The molecule has 0 aromatic rings. The zero-order valence-electron chi connectivity index (χ0n) is 67.2. The van der Waals surface area contributed by atoms with E-state index in [9.17, 15) is 9.59 Å². The molecule has 9 nitrogen and oxygen atoms in total. The molecule has 0 aromatic heterocycles. The molecule has 0 rings (SSSR count). The molecule has 0 heterocycles. The van der Waals surface area contributed by atoms with E-state index in [-0.39, 0.29) is 12.2 Å². The van der Waals surface area contributed by atoms with Gasteiger partial charge in [0.25, 0.3) is 0 Å². The Morgan fingerprint density at radius 2 is 0.459 bits per heavy atom. The lowest BCUT2D eigenvalue weighted by atomic mass is 10.1. The van der Waals surface area contributed by atoms with Gasteiger partial charge in [-0.25, -0.2) is 9.59 Å². The monoisotopic (exact) mass is 1370 g/mol. The molecule has 2 amide bonds. The van der Waals surface area contributed by atoms with E-state index in [1.807, 2.05) is 37.7 Å². The number of carbonyl (C=O) groups excluding carboxylic acids is 2. The quantitative estimate of drug-likeness (QED) is 0.0444. The number of unbranched alkanes of at least 4 members (excludes halogenated alkanes) is 37. The largest absolute Gasteiger partial charge is 0.449 e. The van der Waals surface area contributed by atoms with Gasteiger partial charge in [0, 0.05) is 39.3 Å². The summed E-state index contributed by atoms with van der Waals surface area (Å²) in [5.74, 6) is 0. The van der Waals surface area contributed by atoms with E-state index < -0.39 is 0 Å². The summed E-state index contributed by atoms with van der Waals surface area (Å²) in [6.45, 7) is 20.5. The molecule has 0 aliphatic rings. The van der Waals surface area contributed by atoms with Crippen molar-refractivity contribution in [2.24, 2.45) is 0 Å². The number of hydrogen-bond acceptors (Lipinski definition) is 7. The van der Waals surface area contributed by atoms with Crippen LogP contribution >= 0.6 is 0 Å². The Morgan fingerprint density at radius 3 is 0.755 bits per heavy atom. The summed E-state index contributed by atoms with van der Waals surface area (Å²) in [4.78, 5) is 33.9. The maximum Gasteiger partial charge on any atom is 0.409 e. The van der Waals surface area contributed by atoms with Gasteiger partial charge >= 0.3 is 12.2 Å². The third kappa shape index (κ3) is 86.6. The first kappa shape index (κ1) is 98.5. The number of allylic oxidation sites excluding steroid dienone is 16. The van der Waals surface area contributed by atoms with Crippen LogP contribution in [0.1, 0.15) is 369 Å². The Labute approximate surface area is 612 Å². The molecule has 0 saturated carbocycles. The van der Waals surface area contributed by atoms with Gasteiger partial charge in [-0.05, 0) is 208 Å². The number of carbonyl (C=O) groups is 2. The average molecular weight is 1370 g/mol. The fraction of sp³-hybridized carbons (Fsp3) is 0.798. The molecule has 574 valence electrons. The zero-order valence-corrected chi connectivity index (χ0v) is 67.2. The summed E-state index contributed by atoms with van der Waals surface area (Å²) >= 11 is 0. The van der Waals surface area contributed by atoms with Crippen LogP contribution in [0.15, 0.2) is 97.2 Å². The number of rotatable bonds is 72. The lowest BCUT2D eigenvalue weighted by molar-refractivity contribution is 0.0716. The standard InChI is InChI=1S/C44H82N2O3.C43H80N2O2.C2H6/c1-5-7-9-11-13-15-17-19-21-23-25-27-29-31-33-35-39-46(44(47)49-42-37-38-45(3)4)40-43-48-41-36-34-32-30-28-26-24-22-20-18-16-14-12-10-8-6-2;1-5-7-9-11-13-15-17-19-21-23-25-27-29-31-33-35-40-45(43(46)47-42-38-37-39-44(3)4)41-36-34-32-30-28-26-24-22-20-18-16-14-12-10-8-6-2;1-2/h13-16,19-22H,5-12,17-18,23-43H2,1-4H3;13-16,19-22H,5-12,17-18,23-42H2,1-4H3;1-2H3/b2*15-13-,16-14-,21-19-,22-20-;. The average Bonchev–Trinajstić information content (AvgIpc) is 1.72. The van der Waals surface area contributed by atoms with Crippen LogP contribution in [0, 0.1) is 0 Å². The summed E-state index contributed by atoms with van der Waals surface area (Å²) in [6, 6.07) is 0. The van der Waals surface area contributed by atoms with Crippen molar-refractivity contribution in [3.63, 3.8) is 0 Å². The van der Waals surface area contributed by atoms with E-state index >= 15 is 0 Å². The van der Waals surface area contributed by atoms with Gasteiger partial charge in [-0.15, -0.1) is 0 Å². The van der Waals surface area contributed by atoms with Crippen molar-refractivity contribution in [1.29, 1.82) is 0 Å². The lowest BCUT2D eigenvalue weighted by Crippen LogP contribution is -2.36. The van der Waals surface area contributed by atoms with Gasteiger partial charge < -0.3 is 33.8 Å². The van der Waals surface area contributed by atoms with E-state index in [0.717, 1.165) is 116 Å². The second-order valence-corrected chi connectivity index (χ2v) is 27.8. The van der Waals surface area contributed by atoms with Crippen molar-refractivity contribution in [2.75, 3.05) is 93.9 Å². The fourth-order valence-electron chi connectivity index (χ4n) is 11.3.